The molecule has 4 nitrogen and oxygen atoms in total. The van der Waals surface area contributed by atoms with Gasteiger partial charge in [-0.05, 0) is 31.9 Å². The molecular formula is C19H22N2O2. The van der Waals surface area contributed by atoms with Crippen molar-refractivity contribution in [3.8, 4) is 24.2 Å². The maximum atomic E-state index is 12.8. The van der Waals surface area contributed by atoms with Crippen molar-refractivity contribution in [1.29, 1.82) is 5.26 Å². The molecule has 0 N–H and O–H groups in total. The summed E-state index contributed by atoms with van der Waals surface area (Å²) >= 11 is 0. The molecular weight excluding hydrogens is 288 g/mol. The van der Waals surface area contributed by atoms with Gasteiger partial charge in [-0.1, -0.05) is 37.3 Å². The Morgan fingerprint density at radius 3 is 2.74 bits per heavy atom. The fourth-order valence-electron chi connectivity index (χ4n) is 3.01. The lowest BCUT2D eigenvalue weighted by Crippen LogP contribution is -2.47. The molecule has 0 saturated heterocycles. The van der Waals surface area contributed by atoms with Crippen molar-refractivity contribution in [1.82, 2.24) is 4.90 Å². The summed E-state index contributed by atoms with van der Waals surface area (Å²) in [6, 6.07) is 9.20. The van der Waals surface area contributed by atoms with Crippen LogP contribution in [0.25, 0.3) is 0 Å². The van der Waals surface area contributed by atoms with E-state index in [1.165, 1.54) is 6.42 Å². The first kappa shape index (κ1) is 16.9. The molecule has 0 unspecified atom stereocenters. The lowest BCUT2D eigenvalue weighted by Gasteiger charge is -2.34. The summed E-state index contributed by atoms with van der Waals surface area (Å²) in [7, 11) is 0. The van der Waals surface area contributed by atoms with Crippen LogP contribution in [0.2, 0.25) is 0 Å². The highest BCUT2D eigenvalue weighted by molar-refractivity contribution is 5.81. The Bertz CT molecular complexity index is 621. The predicted molar refractivity (Wildman–Crippen MR) is 88.7 cm³/mol. The van der Waals surface area contributed by atoms with E-state index in [2.05, 4.69) is 12.0 Å². The molecule has 0 aliphatic heterocycles. The van der Waals surface area contributed by atoms with E-state index in [0.717, 1.165) is 25.7 Å². The number of carbonyl (C=O) groups is 1. The van der Waals surface area contributed by atoms with Gasteiger partial charge < -0.3 is 9.64 Å². The maximum Gasteiger partial charge on any atom is 0.264 e. The van der Waals surface area contributed by atoms with Gasteiger partial charge in [0.05, 0.1) is 12.1 Å². The van der Waals surface area contributed by atoms with Crippen molar-refractivity contribution >= 4 is 5.91 Å². The van der Waals surface area contributed by atoms with Gasteiger partial charge in [0.25, 0.3) is 5.91 Å². The molecule has 2 rings (SSSR count). The maximum absolute atomic E-state index is 12.8. The molecule has 1 atom stereocenters. The third-order valence-electron chi connectivity index (χ3n) is 4.22. The standard InChI is InChI=1S/C19H22N2O2/c1-3-13-21(17-10-5-4-6-11-17)19(22)15(2)23-18-12-8-7-9-16(18)14-20/h1,7-9,12,15,17H,4-6,10-11,13H2,2H3/t15-/m0/s1. The van der Waals surface area contributed by atoms with Crippen LogP contribution in [0, 0.1) is 23.7 Å². The number of rotatable bonds is 5. The van der Waals surface area contributed by atoms with Crippen LogP contribution >= 0.6 is 0 Å². The number of hydrogen-bond acceptors (Lipinski definition) is 3. The van der Waals surface area contributed by atoms with Crippen molar-refractivity contribution in [3.05, 3.63) is 29.8 Å². The quantitative estimate of drug-likeness (QED) is 0.785. The Kier molecular flexibility index (Phi) is 6.06. The Morgan fingerprint density at radius 2 is 2.09 bits per heavy atom. The van der Waals surface area contributed by atoms with Gasteiger partial charge in [0.1, 0.15) is 11.8 Å². The van der Waals surface area contributed by atoms with E-state index in [1.807, 2.05) is 0 Å². The largest absolute Gasteiger partial charge is 0.480 e. The molecule has 0 heterocycles. The second-order valence-electron chi connectivity index (χ2n) is 5.83. The van der Waals surface area contributed by atoms with Crippen molar-refractivity contribution in [2.24, 2.45) is 0 Å². The van der Waals surface area contributed by atoms with E-state index >= 15 is 0 Å². The molecule has 1 aliphatic rings. The lowest BCUT2D eigenvalue weighted by atomic mass is 9.94. The first-order valence-electron chi connectivity index (χ1n) is 8.07. The summed E-state index contributed by atoms with van der Waals surface area (Å²) < 4.78 is 5.73. The number of nitrogens with zero attached hydrogens (tertiary/aromatic N) is 2. The summed E-state index contributed by atoms with van der Waals surface area (Å²) in [5, 5.41) is 9.12. The first-order chi connectivity index (χ1) is 11.2. The summed E-state index contributed by atoms with van der Waals surface area (Å²) in [4.78, 5) is 14.5. The topological polar surface area (TPSA) is 53.3 Å². The summed E-state index contributed by atoms with van der Waals surface area (Å²) in [6.45, 7) is 2.01. The second-order valence-corrected chi connectivity index (χ2v) is 5.83. The summed E-state index contributed by atoms with van der Waals surface area (Å²) in [5.41, 5.74) is 0.424. The van der Waals surface area contributed by atoms with Crippen LogP contribution in [0.4, 0.5) is 0 Å². The van der Waals surface area contributed by atoms with Crippen LogP contribution in [-0.2, 0) is 4.79 Å². The number of hydrogen-bond donors (Lipinski definition) is 0. The number of benzene rings is 1. The Labute approximate surface area is 138 Å². The third-order valence-corrected chi connectivity index (χ3v) is 4.22. The molecule has 0 radical (unpaired) electrons. The van der Waals surface area contributed by atoms with Gasteiger partial charge >= 0.3 is 0 Å². The van der Waals surface area contributed by atoms with Crippen LogP contribution in [0.1, 0.15) is 44.6 Å². The highest BCUT2D eigenvalue weighted by atomic mass is 16.5. The van der Waals surface area contributed by atoms with E-state index < -0.39 is 6.10 Å². The van der Waals surface area contributed by atoms with Crippen molar-refractivity contribution < 1.29 is 9.53 Å². The molecule has 1 aromatic rings. The molecule has 1 aliphatic carbocycles. The molecule has 0 spiro atoms. The molecule has 0 bridgehead atoms. The van der Waals surface area contributed by atoms with Crippen molar-refractivity contribution in [3.63, 3.8) is 0 Å². The lowest BCUT2D eigenvalue weighted by molar-refractivity contribution is -0.140. The third kappa shape index (κ3) is 4.27. The van der Waals surface area contributed by atoms with Gasteiger partial charge in [-0.3, -0.25) is 4.79 Å². The number of nitriles is 1. The zero-order chi connectivity index (χ0) is 16.7. The van der Waals surface area contributed by atoms with E-state index in [4.69, 9.17) is 16.4 Å². The van der Waals surface area contributed by atoms with Gasteiger partial charge in [-0.15, -0.1) is 6.42 Å². The Hall–Kier alpha value is -2.46. The fourth-order valence-corrected chi connectivity index (χ4v) is 3.01. The smallest absolute Gasteiger partial charge is 0.264 e. The number of terminal acetylenes is 1. The molecule has 1 aromatic carbocycles. The van der Waals surface area contributed by atoms with Gasteiger partial charge in [0, 0.05) is 6.04 Å². The van der Waals surface area contributed by atoms with Gasteiger partial charge in [-0.2, -0.15) is 5.26 Å². The molecule has 0 aromatic heterocycles. The molecule has 1 fully saturated rings. The number of carbonyl (C=O) groups excluding carboxylic acids is 1. The van der Waals surface area contributed by atoms with Gasteiger partial charge in [0.15, 0.2) is 6.10 Å². The van der Waals surface area contributed by atoms with Crippen LogP contribution in [-0.4, -0.2) is 29.5 Å². The minimum atomic E-state index is -0.667. The van der Waals surface area contributed by atoms with Gasteiger partial charge in [-0.25, -0.2) is 0 Å². The fraction of sp³-hybridized carbons (Fsp3) is 0.474. The zero-order valence-corrected chi connectivity index (χ0v) is 13.5. The van der Waals surface area contributed by atoms with E-state index in [9.17, 15) is 4.79 Å². The Balaban J connectivity index is 2.09. The molecule has 120 valence electrons. The number of ether oxygens (including phenoxy) is 1. The molecule has 4 heteroatoms. The van der Waals surface area contributed by atoms with Crippen LogP contribution in [0.3, 0.4) is 0 Å². The minimum Gasteiger partial charge on any atom is -0.480 e. The number of amides is 1. The van der Waals surface area contributed by atoms with E-state index in [1.54, 1.807) is 36.1 Å². The Morgan fingerprint density at radius 1 is 1.39 bits per heavy atom. The first-order valence-corrected chi connectivity index (χ1v) is 8.07. The van der Waals surface area contributed by atoms with E-state index in [-0.39, 0.29) is 11.9 Å². The normalized spacial score (nSPS) is 16.0. The summed E-state index contributed by atoms with van der Waals surface area (Å²) in [5.74, 6) is 2.91. The van der Waals surface area contributed by atoms with Gasteiger partial charge in [0.2, 0.25) is 0 Å². The van der Waals surface area contributed by atoms with Crippen LogP contribution in [0.5, 0.6) is 5.75 Å². The monoisotopic (exact) mass is 310 g/mol. The predicted octanol–water partition coefficient (Wildman–Crippen LogP) is 3.12. The zero-order valence-electron chi connectivity index (χ0n) is 13.5. The van der Waals surface area contributed by atoms with Crippen molar-refractivity contribution in [2.75, 3.05) is 6.54 Å². The summed E-state index contributed by atoms with van der Waals surface area (Å²) in [6.07, 6.45) is 10.2. The average Bonchev–Trinajstić information content (AvgIpc) is 2.60. The van der Waals surface area contributed by atoms with Crippen LogP contribution < -0.4 is 4.74 Å². The van der Waals surface area contributed by atoms with E-state index in [0.29, 0.717) is 17.9 Å². The molecule has 1 saturated carbocycles. The highest BCUT2D eigenvalue weighted by Gasteiger charge is 2.29. The highest BCUT2D eigenvalue weighted by Crippen LogP contribution is 2.24. The second kappa shape index (κ2) is 8.25. The van der Waals surface area contributed by atoms with Crippen molar-refractivity contribution in [2.45, 2.75) is 51.2 Å². The molecule has 23 heavy (non-hydrogen) atoms. The molecule has 1 amide bonds. The SMILES string of the molecule is C#CCN(C(=O)[C@H](C)Oc1ccccc1C#N)C1CCCCC1. The average molecular weight is 310 g/mol. The van der Waals surface area contributed by atoms with Crippen LogP contribution in [0.15, 0.2) is 24.3 Å². The number of para-hydroxylation sites is 1. The minimum absolute atomic E-state index is 0.109.